The minimum absolute atomic E-state index is 0.104. The van der Waals surface area contributed by atoms with Crippen LogP contribution in [0.15, 0.2) is 47.5 Å². The maximum absolute atomic E-state index is 13.3. The molecule has 7 nitrogen and oxygen atoms in total. The van der Waals surface area contributed by atoms with Crippen LogP contribution in [0.2, 0.25) is 0 Å². The van der Waals surface area contributed by atoms with Gasteiger partial charge in [-0.2, -0.15) is 5.10 Å². The van der Waals surface area contributed by atoms with Crippen LogP contribution < -0.4 is 11.0 Å². The highest BCUT2D eigenvalue weighted by Gasteiger charge is 2.25. The van der Waals surface area contributed by atoms with Crippen molar-refractivity contribution in [2.24, 2.45) is 0 Å². The minimum atomic E-state index is -0.104. The van der Waals surface area contributed by atoms with E-state index in [9.17, 15) is 4.79 Å². The van der Waals surface area contributed by atoms with Gasteiger partial charge in [0.05, 0.1) is 5.69 Å². The molecule has 0 bridgehead atoms. The van der Waals surface area contributed by atoms with E-state index in [1.807, 2.05) is 36.5 Å². The number of hydrogen-bond acceptors (Lipinski definition) is 4. The maximum atomic E-state index is 13.3. The third kappa shape index (κ3) is 3.47. The van der Waals surface area contributed by atoms with Gasteiger partial charge in [0.15, 0.2) is 0 Å². The van der Waals surface area contributed by atoms with Crippen molar-refractivity contribution in [3.05, 3.63) is 64.9 Å². The van der Waals surface area contributed by atoms with Crippen LogP contribution in [-0.2, 0) is 6.54 Å². The van der Waals surface area contributed by atoms with Gasteiger partial charge in [-0.05, 0) is 51.9 Å². The molecule has 0 aliphatic carbocycles. The lowest BCUT2D eigenvalue weighted by molar-refractivity contribution is 0.437. The first-order chi connectivity index (χ1) is 13.1. The summed E-state index contributed by atoms with van der Waals surface area (Å²) >= 11 is 0. The standard InChI is InChI=1S/C20H26N6O/c1-15(2)24-13-12-22-18(24)14-25-20(27)26(17-6-4-3-5-7-17)19(23-25)16-8-10-21-11-9-16/h3-7,12-13,15-16,21H,8-11,14H2,1-2H3. The van der Waals surface area contributed by atoms with Crippen LogP contribution in [0.4, 0.5) is 0 Å². The molecule has 3 heterocycles. The molecule has 0 saturated carbocycles. The smallest absolute Gasteiger partial charge is 0.331 e. The highest BCUT2D eigenvalue weighted by molar-refractivity contribution is 5.33. The van der Waals surface area contributed by atoms with Gasteiger partial charge in [0.25, 0.3) is 0 Å². The average molecular weight is 366 g/mol. The number of rotatable bonds is 5. The summed E-state index contributed by atoms with van der Waals surface area (Å²) in [6, 6.07) is 10.1. The topological polar surface area (TPSA) is 69.7 Å². The van der Waals surface area contributed by atoms with E-state index < -0.39 is 0 Å². The Kier molecular flexibility index (Phi) is 4.94. The van der Waals surface area contributed by atoms with Crippen molar-refractivity contribution in [1.29, 1.82) is 0 Å². The van der Waals surface area contributed by atoms with Crippen molar-refractivity contribution in [2.75, 3.05) is 13.1 Å². The molecule has 0 atom stereocenters. The van der Waals surface area contributed by atoms with E-state index in [-0.39, 0.29) is 11.6 Å². The minimum Gasteiger partial charge on any atom is -0.331 e. The fourth-order valence-corrected chi connectivity index (χ4v) is 3.76. The van der Waals surface area contributed by atoms with Crippen molar-refractivity contribution in [3.63, 3.8) is 0 Å². The summed E-state index contributed by atoms with van der Waals surface area (Å²) in [5.41, 5.74) is 0.766. The van der Waals surface area contributed by atoms with Crippen LogP contribution in [0.1, 0.15) is 50.3 Å². The predicted octanol–water partition coefficient (Wildman–Crippen LogP) is 2.33. The fourth-order valence-electron chi connectivity index (χ4n) is 3.76. The van der Waals surface area contributed by atoms with E-state index in [1.54, 1.807) is 15.4 Å². The zero-order valence-corrected chi connectivity index (χ0v) is 15.9. The largest absolute Gasteiger partial charge is 0.351 e. The third-order valence-corrected chi connectivity index (χ3v) is 5.18. The molecule has 1 aliphatic rings. The third-order valence-electron chi connectivity index (χ3n) is 5.18. The van der Waals surface area contributed by atoms with E-state index in [1.165, 1.54) is 0 Å². The van der Waals surface area contributed by atoms with Crippen LogP contribution in [0.3, 0.4) is 0 Å². The number of hydrogen-bond donors (Lipinski definition) is 1. The van der Waals surface area contributed by atoms with Gasteiger partial charge >= 0.3 is 5.69 Å². The molecule has 4 rings (SSSR count). The monoisotopic (exact) mass is 366 g/mol. The highest BCUT2D eigenvalue weighted by atomic mass is 16.2. The van der Waals surface area contributed by atoms with Crippen molar-refractivity contribution >= 4 is 0 Å². The Balaban J connectivity index is 1.78. The summed E-state index contributed by atoms with van der Waals surface area (Å²) in [5, 5.41) is 8.16. The molecular formula is C20H26N6O. The van der Waals surface area contributed by atoms with Crippen molar-refractivity contribution < 1.29 is 0 Å². The van der Waals surface area contributed by atoms with E-state index in [4.69, 9.17) is 5.10 Å². The zero-order valence-electron chi connectivity index (χ0n) is 15.9. The molecule has 3 aromatic rings. The average Bonchev–Trinajstić information content (AvgIpc) is 3.29. The van der Waals surface area contributed by atoms with Gasteiger partial charge in [-0.15, -0.1) is 0 Å². The van der Waals surface area contributed by atoms with E-state index in [0.29, 0.717) is 12.6 Å². The van der Waals surface area contributed by atoms with Gasteiger partial charge in [-0.1, -0.05) is 18.2 Å². The quantitative estimate of drug-likeness (QED) is 0.752. The number of imidazole rings is 1. The van der Waals surface area contributed by atoms with E-state index in [2.05, 4.69) is 28.7 Å². The lowest BCUT2D eigenvalue weighted by Gasteiger charge is -2.22. The van der Waals surface area contributed by atoms with Crippen molar-refractivity contribution in [3.8, 4) is 5.69 Å². The number of nitrogens with one attached hydrogen (secondary N) is 1. The Morgan fingerprint density at radius 3 is 2.63 bits per heavy atom. The Morgan fingerprint density at radius 1 is 1.19 bits per heavy atom. The Hall–Kier alpha value is -2.67. The van der Waals surface area contributed by atoms with E-state index in [0.717, 1.165) is 43.3 Å². The van der Waals surface area contributed by atoms with Crippen LogP contribution in [0.25, 0.3) is 5.69 Å². The Labute approximate surface area is 158 Å². The number of benzene rings is 1. The normalized spacial score (nSPS) is 15.5. The summed E-state index contributed by atoms with van der Waals surface area (Å²) in [4.78, 5) is 17.7. The summed E-state index contributed by atoms with van der Waals surface area (Å²) < 4.78 is 5.42. The molecular weight excluding hydrogens is 340 g/mol. The SMILES string of the molecule is CC(C)n1ccnc1Cn1nc(C2CCNCC2)n(-c2ccccc2)c1=O. The van der Waals surface area contributed by atoms with Crippen LogP contribution in [0, 0.1) is 0 Å². The lowest BCUT2D eigenvalue weighted by Crippen LogP contribution is -2.29. The van der Waals surface area contributed by atoms with Crippen LogP contribution >= 0.6 is 0 Å². The summed E-state index contributed by atoms with van der Waals surface area (Å²) in [6.45, 7) is 6.51. The number of para-hydroxylation sites is 1. The zero-order chi connectivity index (χ0) is 18.8. The van der Waals surface area contributed by atoms with Crippen LogP contribution in [0.5, 0.6) is 0 Å². The van der Waals surface area contributed by atoms with Gasteiger partial charge < -0.3 is 9.88 Å². The highest BCUT2D eigenvalue weighted by Crippen LogP contribution is 2.24. The molecule has 1 aromatic carbocycles. The van der Waals surface area contributed by atoms with Crippen molar-refractivity contribution in [2.45, 2.75) is 45.2 Å². The molecule has 142 valence electrons. The molecule has 7 heteroatoms. The van der Waals surface area contributed by atoms with Crippen molar-refractivity contribution in [1.82, 2.24) is 29.2 Å². The van der Waals surface area contributed by atoms with Gasteiger partial charge in [0.2, 0.25) is 0 Å². The number of piperidine rings is 1. The van der Waals surface area contributed by atoms with Crippen LogP contribution in [-0.4, -0.2) is 37.0 Å². The first-order valence-corrected chi connectivity index (χ1v) is 9.62. The molecule has 0 unspecified atom stereocenters. The Bertz CT molecular complexity index is 947. The number of aromatic nitrogens is 5. The van der Waals surface area contributed by atoms with Gasteiger partial charge in [-0.3, -0.25) is 0 Å². The van der Waals surface area contributed by atoms with E-state index >= 15 is 0 Å². The van der Waals surface area contributed by atoms with Gasteiger partial charge in [0.1, 0.15) is 18.2 Å². The molecule has 1 aliphatic heterocycles. The molecule has 1 saturated heterocycles. The summed E-state index contributed by atoms with van der Waals surface area (Å²) in [5.74, 6) is 1.99. The maximum Gasteiger partial charge on any atom is 0.351 e. The fraction of sp³-hybridized carbons (Fsp3) is 0.450. The second kappa shape index (κ2) is 7.52. The first-order valence-electron chi connectivity index (χ1n) is 9.62. The predicted molar refractivity (Wildman–Crippen MR) is 104 cm³/mol. The molecule has 0 radical (unpaired) electrons. The second-order valence-corrected chi connectivity index (χ2v) is 7.34. The first kappa shape index (κ1) is 17.7. The molecule has 1 N–H and O–H groups in total. The molecule has 27 heavy (non-hydrogen) atoms. The van der Waals surface area contributed by atoms with Gasteiger partial charge in [0, 0.05) is 24.4 Å². The molecule has 0 spiro atoms. The van der Waals surface area contributed by atoms with Gasteiger partial charge in [-0.25, -0.2) is 19.0 Å². The number of nitrogens with zero attached hydrogens (tertiary/aromatic N) is 5. The lowest BCUT2D eigenvalue weighted by atomic mass is 9.97. The molecule has 1 fully saturated rings. The molecule has 2 aromatic heterocycles. The second-order valence-electron chi connectivity index (χ2n) is 7.34. The summed E-state index contributed by atoms with van der Waals surface area (Å²) in [6.07, 6.45) is 5.71. The molecule has 0 amide bonds. The Morgan fingerprint density at radius 2 is 1.93 bits per heavy atom. The summed E-state index contributed by atoms with van der Waals surface area (Å²) in [7, 11) is 0.